The molecule has 0 unspecified atom stereocenters. The van der Waals surface area contributed by atoms with Crippen molar-refractivity contribution in [3.8, 4) is 5.75 Å². The van der Waals surface area contributed by atoms with E-state index in [4.69, 9.17) is 27.9 Å². The molecule has 0 aliphatic heterocycles. The zero-order chi connectivity index (χ0) is 28.6. The van der Waals surface area contributed by atoms with Gasteiger partial charge in [-0.25, -0.2) is 8.42 Å². The predicted molar refractivity (Wildman–Crippen MR) is 153 cm³/mol. The van der Waals surface area contributed by atoms with Crippen LogP contribution in [0.3, 0.4) is 0 Å². The normalized spacial score (nSPS) is 12.2. The molecule has 1 atom stereocenters. The van der Waals surface area contributed by atoms with Gasteiger partial charge < -0.3 is 15.0 Å². The molecular weight excluding hydrogens is 561 g/mol. The summed E-state index contributed by atoms with van der Waals surface area (Å²) in [6, 6.07) is 20.1. The van der Waals surface area contributed by atoms with E-state index in [9.17, 15) is 18.0 Å². The molecule has 208 valence electrons. The number of hydrogen-bond donors (Lipinski definition) is 1. The fraction of sp³-hybridized carbons (Fsp3) is 0.286. The van der Waals surface area contributed by atoms with Crippen molar-refractivity contribution in [3.63, 3.8) is 0 Å². The van der Waals surface area contributed by atoms with Crippen molar-refractivity contribution in [1.29, 1.82) is 0 Å². The number of nitrogens with zero attached hydrogens (tertiary/aromatic N) is 2. The Labute approximate surface area is 239 Å². The molecule has 39 heavy (non-hydrogen) atoms. The van der Waals surface area contributed by atoms with Gasteiger partial charge in [0.15, 0.2) is 0 Å². The standard InChI is InChI=1S/C28H31Cl2N3O5S/c1-20(28(35)31-16-23-11-12-24(29)15-26(23)30)33(18-22-9-13-25(38-2)14-10-22)27(34)19-32(39(3,36)37)17-21-7-5-4-6-8-21/h4-15,20H,16-19H2,1-3H3,(H,31,35)/t20-/m1/s1. The molecule has 2 amide bonds. The Kier molecular flexibility index (Phi) is 10.8. The minimum atomic E-state index is -3.73. The summed E-state index contributed by atoms with van der Waals surface area (Å²) in [5.74, 6) is -0.287. The van der Waals surface area contributed by atoms with Gasteiger partial charge in [-0.15, -0.1) is 0 Å². The number of carbonyl (C=O) groups excluding carboxylic acids is 2. The molecule has 0 radical (unpaired) electrons. The minimum Gasteiger partial charge on any atom is -0.497 e. The van der Waals surface area contributed by atoms with E-state index < -0.39 is 34.4 Å². The van der Waals surface area contributed by atoms with Crippen molar-refractivity contribution >= 4 is 45.0 Å². The number of sulfonamides is 1. The maximum absolute atomic E-state index is 13.6. The number of methoxy groups -OCH3 is 1. The molecule has 0 aliphatic rings. The maximum Gasteiger partial charge on any atom is 0.242 e. The molecule has 3 aromatic carbocycles. The molecule has 0 aromatic heterocycles. The van der Waals surface area contributed by atoms with Crippen LogP contribution in [0.4, 0.5) is 0 Å². The monoisotopic (exact) mass is 591 g/mol. The Balaban J connectivity index is 1.82. The second-order valence-corrected chi connectivity index (χ2v) is 11.8. The highest BCUT2D eigenvalue weighted by molar-refractivity contribution is 7.88. The van der Waals surface area contributed by atoms with Crippen LogP contribution in [0.5, 0.6) is 5.75 Å². The number of nitrogens with one attached hydrogen (secondary N) is 1. The third-order valence-electron chi connectivity index (χ3n) is 6.13. The van der Waals surface area contributed by atoms with Gasteiger partial charge >= 0.3 is 0 Å². The molecule has 0 saturated heterocycles. The molecule has 1 N–H and O–H groups in total. The lowest BCUT2D eigenvalue weighted by Crippen LogP contribution is -2.50. The van der Waals surface area contributed by atoms with Gasteiger partial charge in [0.2, 0.25) is 21.8 Å². The minimum absolute atomic E-state index is 0.0252. The van der Waals surface area contributed by atoms with Gasteiger partial charge in [-0.2, -0.15) is 4.31 Å². The van der Waals surface area contributed by atoms with Gasteiger partial charge in [0.1, 0.15) is 11.8 Å². The number of hydrogen-bond acceptors (Lipinski definition) is 5. The lowest BCUT2D eigenvalue weighted by atomic mass is 10.1. The Morgan fingerprint density at radius 1 is 0.949 bits per heavy atom. The van der Waals surface area contributed by atoms with Crippen LogP contribution in [0, 0.1) is 0 Å². The summed E-state index contributed by atoms with van der Waals surface area (Å²) in [6.45, 7) is 1.42. The first kappa shape index (κ1) is 30.4. The average molecular weight is 593 g/mol. The van der Waals surface area contributed by atoms with E-state index in [-0.39, 0.29) is 19.6 Å². The second kappa shape index (κ2) is 13.8. The van der Waals surface area contributed by atoms with E-state index in [1.54, 1.807) is 80.8 Å². The largest absolute Gasteiger partial charge is 0.497 e. The van der Waals surface area contributed by atoms with E-state index >= 15 is 0 Å². The molecule has 0 bridgehead atoms. The highest BCUT2D eigenvalue weighted by Gasteiger charge is 2.30. The third kappa shape index (κ3) is 8.96. The van der Waals surface area contributed by atoms with Crippen LogP contribution >= 0.6 is 23.2 Å². The summed E-state index contributed by atoms with van der Waals surface area (Å²) in [4.78, 5) is 28.2. The summed E-state index contributed by atoms with van der Waals surface area (Å²) in [5.41, 5.74) is 2.15. The maximum atomic E-state index is 13.6. The molecule has 0 heterocycles. The zero-order valence-corrected chi connectivity index (χ0v) is 24.3. The smallest absolute Gasteiger partial charge is 0.242 e. The van der Waals surface area contributed by atoms with Crippen LogP contribution in [0.1, 0.15) is 23.6 Å². The van der Waals surface area contributed by atoms with Gasteiger partial charge in [0.05, 0.1) is 19.9 Å². The van der Waals surface area contributed by atoms with Crippen LogP contribution in [0.15, 0.2) is 72.8 Å². The third-order valence-corrected chi connectivity index (χ3v) is 7.91. The fourth-order valence-corrected chi connectivity index (χ4v) is 5.03. The van der Waals surface area contributed by atoms with E-state index in [1.807, 2.05) is 6.07 Å². The molecule has 11 heteroatoms. The first-order chi connectivity index (χ1) is 18.5. The molecule has 0 spiro atoms. The summed E-state index contributed by atoms with van der Waals surface area (Å²) in [6.07, 6.45) is 1.06. The van der Waals surface area contributed by atoms with Gasteiger partial charge in [-0.3, -0.25) is 9.59 Å². The van der Waals surface area contributed by atoms with Gasteiger partial charge in [0.25, 0.3) is 0 Å². The van der Waals surface area contributed by atoms with Crippen LogP contribution < -0.4 is 10.1 Å². The fourth-order valence-electron chi connectivity index (χ4n) is 3.82. The predicted octanol–water partition coefficient (Wildman–Crippen LogP) is 4.50. The molecule has 3 aromatic rings. The van der Waals surface area contributed by atoms with Crippen LogP contribution in [-0.2, 0) is 39.2 Å². The second-order valence-electron chi connectivity index (χ2n) is 9.02. The molecule has 8 nitrogen and oxygen atoms in total. The molecule has 0 saturated carbocycles. The van der Waals surface area contributed by atoms with E-state index in [0.29, 0.717) is 21.4 Å². The summed E-state index contributed by atoms with van der Waals surface area (Å²) in [7, 11) is -2.18. The first-order valence-corrected chi connectivity index (χ1v) is 14.7. The molecular formula is C28H31Cl2N3O5S. The van der Waals surface area contributed by atoms with Crippen molar-refractivity contribution in [2.75, 3.05) is 19.9 Å². The quantitative estimate of drug-likeness (QED) is 0.334. The number of ether oxygens (including phenoxy) is 1. The number of benzene rings is 3. The van der Waals surface area contributed by atoms with Crippen molar-refractivity contribution < 1.29 is 22.7 Å². The van der Waals surface area contributed by atoms with E-state index in [2.05, 4.69) is 5.32 Å². The Bertz CT molecular complexity index is 1390. The summed E-state index contributed by atoms with van der Waals surface area (Å²) >= 11 is 12.2. The van der Waals surface area contributed by atoms with Crippen molar-refractivity contribution in [2.45, 2.75) is 32.6 Å². The summed E-state index contributed by atoms with van der Waals surface area (Å²) in [5, 5.41) is 3.70. The van der Waals surface area contributed by atoms with E-state index in [1.165, 1.54) is 4.90 Å². The molecule has 0 aliphatic carbocycles. The van der Waals surface area contributed by atoms with Crippen LogP contribution in [0.25, 0.3) is 0 Å². The number of halogens is 2. The molecule has 0 fully saturated rings. The lowest BCUT2D eigenvalue weighted by molar-refractivity contribution is -0.140. The topological polar surface area (TPSA) is 96.0 Å². The number of carbonyl (C=O) groups is 2. The number of amides is 2. The SMILES string of the molecule is COc1ccc(CN(C(=O)CN(Cc2ccccc2)S(C)(=O)=O)[C@H](C)C(=O)NCc2ccc(Cl)cc2Cl)cc1. The van der Waals surface area contributed by atoms with Gasteiger partial charge in [-0.05, 0) is 47.9 Å². The first-order valence-electron chi connectivity index (χ1n) is 12.1. The average Bonchev–Trinajstić information content (AvgIpc) is 2.90. The van der Waals surface area contributed by atoms with Gasteiger partial charge in [0, 0.05) is 29.7 Å². The number of rotatable bonds is 12. The Morgan fingerprint density at radius 2 is 1.59 bits per heavy atom. The lowest BCUT2D eigenvalue weighted by Gasteiger charge is -2.31. The van der Waals surface area contributed by atoms with Crippen molar-refractivity contribution in [2.24, 2.45) is 0 Å². The zero-order valence-electron chi connectivity index (χ0n) is 21.9. The molecule has 3 rings (SSSR count). The van der Waals surface area contributed by atoms with Gasteiger partial charge in [-0.1, -0.05) is 71.7 Å². The van der Waals surface area contributed by atoms with Crippen molar-refractivity contribution in [1.82, 2.24) is 14.5 Å². The highest BCUT2D eigenvalue weighted by Crippen LogP contribution is 2.21. The highest BCUT2D eigenvalue weighted by atomic mass is 35.5. The Hall–Kier alpha value is -3.11. The van der Waals surface area contributed by atoms with Crippen LogP contribution in [0.2, 0.25) is 10.0 Å². The summed E-state index contributed by atoms with van der Waals surface area (Å²) < 4.78 is 31.5. The van der Waals surface area contributed by atoms with Crippen molar-refractivity contribution in [3.05, 3.63) is 99.5 Å². The Morgan fingerprint density at radius 3 is 2.18 bits per heavy atom. The van der Waals surface area contributed by atoms with E-state index in [0.717, 1.165) is 21.7 Å². The van der Waals surface area contributed by atoms with Crippen LogP contribution in [-0.4, -0.2) is 55.4 Å².